The molecule has 0 unspecified atom stereocenters. The van der Waals surface area contributed by atoms with Crippen molar-refractivity contribution in [1.29, 1.82) is 0 Å². The first-order chi connectivity index (χ1) is 10.9. The predicted octanol–water partition coefficient (Wildman–Crippen LogP) is 2.05. The highest BCUT2D eigenvalue weighted by Crippen LogP contribution is 2.24. The Morgan fingerprint density at radius 2 is 1.96 bits per heavy atom. The van der Waals surface area contributed by atoms with Crippen LogP contribution in [0.5, 0.6) is 0 Å². The molecule has 124 valence electrons. The predicted molar refractivity (Wildman–Crippen MR) is 88.7 cm³/mol. The lowest BCUT2D eigenvalue weighted by molar-refractivity contribution is -0.120. The number of nitrogens with one attached hydrogen (secondary N) is 1. The number of rotatable bonds is 6. The van der Waals surface area contributed by atoms with Crippen LogP contribution in [-0.2, 0) is 4.79 Å². The summed E-state index contributed by atoms with van der Waals surface area (Å²) < 4.78 is 14.3. The molecule has 1 aromatic carbocycles. The number of aromatic nitrogens is 3. The highest BCUT2D eigenvalue weighted by Gasteiger charge is 2.19. The van der Waals surface area contributed by atoms with Gasteiger partial charge in [-0.25, -0.2) is 9.07 Å². The van der Waals surface area contributed by atoms with Crippen LogP contribution in [0.25, 0.3) is 11.4 Å². The second kappa shape index (κ2) is 7.45. The Hall–Kier alpha value is -2.09. The van der Waals surface area contributed by atoms with E-state index in [-0.39, 0.29) is 17.0 Å². The van der Waals surface area contributed by atoms with Gasteiger partial charge in [0.15, 0.2) is 5.82 Å². The SMILES string of the molecule is CC(C)CNC(=O)[C@@H](C)Sc1nnc(-c2ccc(F)cc2)n1N. The number of carbonyl (C=O) groups is 1. The van der Waals surface area contributed by atoms with E-state index >= 15 is 0 Å². The lowest BCUT2D eigenvalue weighted by Crippen LogP contribution is -2.33. The minimum atomic E-state index is -0.346. The zero-order valence-electron chi connectivity index (χ0n) is 13.3. The van der Waals surface area contributed by atoms with Crippen LogP contribution in [0, 0.1) is 11.7 Å². The highest BCUT2D eigenvalue weighted by molar-refractivity contribution is 8.00. The lowest BCUT2D eigenvalue weighted by atomic mass is 10.2. The molecule has 1 aromatic heterocycles. The third-order valence-corrected chi connectivity index (χ3v) is 4.16. The van der Waals surface area contributed by atoms with Gasteiger partial charge in [0.1, 0.15) is 5.82 Å². The Morgan fingerprint density at radius 1 is 1.30 bits per heavy atom. The second-order valence-electron chi connectivity index (χ2n) is 5.58. The Morgan fingerprint density at radius 3 is 2.57 bits per heavy atom. The number of nitrogens with two attached hydrogens (primary N) is 1. The molecule has 2 aromatic rings. The van der Waals surface area contributed by atoms with E-state index in [9.17, 15) is 9.18 Å². The lowest BCUT2D eigenvalue weighted by Gasteiger charge is -2.12. The largest absolute Gasteiger partial charge is 0.355 e. The molecule has 0 aliphatic carbocycles. The van der Waals surface area contributed by atoms with Gasteiger partial charge in [0.2, 0.25) is 11.1 Å². The van der Waals surface area contributed by atoms with Crippen LogP contribution in [0.15, 0.2) is 29.4 Å². The maximum Gasteiger partial charge on any atom is 0.233 e. The van der Waals surface area contributed by atoms with Crippen LogP contribution in [-0.4, -0.2) is 32.6 Å². The van der Waals surface area contributed by atoms with Gasteiger partial charge in [0.05, 0.1) is 5.25 Å². The normalized spacial score (nSPS) is 12.4. The van der Waals surface area contributed by atoms with E-state index in [4.69, 9.17) is 5.84 Å². The standard InChI is InChI=1S/C15H20FN5OS/c1-9(2)8-18-14(22)10(3)23-15-20-19-13(21(15)17)11-4-6-12(16)7-5-11/h4-7,9-10H,8,17H2,1-3H3,(H,18,22)/t10-/m1/s1. The summed E-state index contributed by atoms with van der Waals surface area (Å²) in [5.74, 6) is 6.39. The van der Waals surface area contributed by atoms with Crippen molar-refractivity contribution in [3.8, 4) is 11.4 Å². The van der Waals surface area contributed by atoms with Crippen LogP contribution in [0.1, 0.15) is 20.8 Å². The Kier molecular flexibility index (Phi) is 5.59. The average molecular weight is 337 g/mol. The molecule has 2 rings (SSSR count). The number of halogens is 1. The molecule has 0 spiro atoms. The van der Waals surface area contributed by atoms with E-state index in [1.54, 1.807) is 19.1 Å². The summed E-state index contributed by atoms with van der Waals surface area (Å²) in [7, 11) is 0. The van der Waals surface area contributed by atoms with Gasteiger partial charge in [-0.2, -0.15) is 0 Å². The number of hydrogen-bond acceptors (Lipinski definition) is 5. The molecular formula is C15H20FN5OS. The van der Waals surface area contributed by atoms with Crippen molar-refractivity contribution in [2.24, 2.45) is 5.92 Å². The molecule has 0 bridgehead atoms. The summed E-state index contributed by atoms with van der Waals surface area (Å²) in [6.45, 7) is 6.47. The van der Waals surface area contributed by atoms with Gasteiger partial charge in [0, 0.05) is 12.1 Å². The van der Waals surface area contributed by atoms with E-state index in [2.05, 4.69) is 15.5 Å². The molecule has 1 amide bonds. The smallest absolute Gasteiger partial charge is 0.233 e. The van der Waals surface area contributed by atoms with Crippen molar-refractivity contribution < 1.29 is 9.18 Å². The van der Waals surface area contributed by atoms with Crippen LogP contribution < -0.4 is 11.2 Å². The monoisotopic (exact) mass is 337 g/mol. The number of amides is 1. The van der Waals surface area contributed by atoms with Crippen LogP contribution >= 0.6 is 11.8 Å². The molecular weight excluding hydrogens is 317 g/mol. The minimum absolute atomic E-state index is 0.0740. The molecule has 0 aliphatic rings. The number of hydrogen-bond donors (Lipinski definition) is 2. The Bertz CT molecular complexity index is 671. The number of carbonyl (C=O) groups excluding carboxylic acids is 1. The first kappa shape index (κ1) is 17.3. The van der Waals surface area contributed by atoms with E-state index in [0.29, 0.717) is 29.0 Å². The van der Waals surface area contributed by atoms with Crippen molar-refractivity contribution in [2.75, 3.05) is 12.4 Å². The zero-order valence-corrected chi connectivity index (χ0v) is 14.1. The Balaban J connectivity index is 2.07. The van der Waals surface area contributed by atoms with Gasteiger partial charge in [0.25, 0.3) is 0 Å². The van der Waals surface area contributed by atoms with Gasteiger partial charge in [-0.05, 0) is 37.1 Å². The second-order valence-corrected chi connectivity index (χ2v) is 6.89. The average Bonchev–Trinajstić information content (AvgIpc) is 2.86. The van der Waals surface area contributed by atoms with E-state index in [1.807, 2.05) is 13.8 Å². The Labute approximate surface area is 138 Å². The molecule has 1 heterocycles. The topological polar surface area (TPSA) is 85.8 Å². The highest BCUT2D eigenvalue weighted by atomic mass is 32.2. The van der Waals surface area contributed by atoms with E-state index < -0.39 is 0 Å². The van der Waals surface area contributed by atoms with E-state index in [1.165, 1.54) is 28.6 Å². The van der Waals surface area contributed by atoms with E-state index in [0.717, 1.165) is 0 Å². The zero-order chi connectivity index (χ0) is 17.0. The van der Waals surface area contributed by atoms with Crippen molar-refractivity contribution in [2.45, 2.75) is 31.2 Å². The van der Waals surface area contributed by atoms with Gasteiger partial charge in [-0.15, -0.1) is 10.2 Å². The summed E-state index contributed by atoms with van der Waals surface area (Å²) in [6.07, 6.45) is 0. The molecule has 3 N–H and O–H groups in total. The summed E-state index contributed by atoms with van der Waals surface area (Å²) in [5.41, 5.74) is 0.658. The molecule has 1 atom stereocenters. The molecule has 0 fully saturated rings. The molecule has 6 nitrogen and oxygen atoms in total. The fourth-order valence-electron chi connectivity index (χ4n) is 1.81. The first-order valence-corrected chi connectivity index (χ1v) is 8.17. The molecule has 0 aliphatic heterocycles. The summed E-state index contributed by atoms with van der Waals surface area (Å²) in [4.78, 5) is 12.0. The van der Waals surface area contributed by atoms with Crippen molar-refractivity contribution in [1.82, 2.24) is 20.2 Å². The van der Waals surface area contributed by atoms with Gasteiger partial charge >= 0.3 is 0 Å². The molecule has 0 saturated carbocycles. The van der Waals surface area contributed by atoms with Crippen LogP contribution in [0.4, 0.5) is 4.39 Å². The van der Waals surface area contributed by atoms with Gasteiger partial charge in [-0.1, -0.05) is 25.6 Å². The van der Waals surface area contributed by atoms with Gasteiger partial charge in [-0.3, -0.25) is 4.79 Å². The van der Waals surface area contributed by atoms with Crippen molar-refractivity contribution >= 4 is 17.7 Å². The summed E-state index contributed by atoms with van der Waals surface area (Å²) >= 11 is 1.23. The molecule has 0 saturated heterocycles. The fraction of sp³-hybridized carbons (Fsp3) is 0.400. The number of benzene rings is 1. The summed E-state index contributed by atoms with van der Waals surface area (Å²) in [5, 5.41) is 11.0. The molecule has 8 heteroatoms. The number of thioether (sulfide) groups is 1. The quantitative estimate of drug-likeness (QED) is 0.622. The fourth-order valence-corrected chi connectivity index (χ4v) is 2.61. The van der Waals surface area contributed by atoms with Crippen LogP contribution in [0.2, 0.25) is 0 Å². The third kappa shape index (κ3) is 4.44. The number of nitrogen functional groups attached to an aromatic ring is 1. The molecule has 0 radical (unpaired) electrons. The maximum absolute atomic E-state index is 13.0. The van der Waals surface area contributed by atoms with Gasteiger partial charge < -0.3 is 11.2 Å². The summed E-state index contributed by atoms with van der Waals surface area (Å²) in [6, 6.07) is 5.82. The van der Waals surface area contributed by atoms with Crippen molar-refractivity contribution in [3.63, 3.8) is 0 Å². The maximum atomic E-state index is 13.0. The third-order valence-electron chi connectivity index (χ3n) is 3.10. The first-order valence-electron chi connectivity index (χ1n) is 7.29. The van der Waals surface area contributed by atoms with Crippen molar-refractivity contribution in [3.05, 3.63) is 30.1 Å². The van der Waals surface area contributed by atoms with Crippen LogP contribution in [0.3, 0.4) is 0 Å². The number of nitrogens with zero attached hydrogens (tertiary/aromatic N) is 3. The molecule has 23 heavy (non-hydrogen) atoms. The minimum Gasteiger partial charge on any atom is -0.355 e.